The van der Waals surface area contributed by atoms with Gasteiger partial charge < -0.3 is 10.6 Å². The zero-order valence-corrected chi connectivity index (χ0v) is 10.7. The number of aryl methyl sites for hydroxylation is 1. The molecular weight excluding hydrogens is 270 g/mol. The maximum absolute atomic E-state index is 11.5. The number of piperidine rings is 1. The van der Waals surface area contributed by atoms with E-state index in [0.717, 1.165) is 35.4 Å². The van der Waals surface area contributed by atoms with Crippen LogP contribution in [-0.2, 0) is 4.79 Å². The lowest BCUT2D eigenvalue weighted by Crippen LogP contribution is -2.44. The second kappa shape index (κ2) is 4.82. The fourth-order valence-electron chi connectivity index (χ4n) is 1.71. The van der Waals surface area contributed by atoms with Crippen molar-refractivity contribution in [3.63, 3.8) is 0 Å². The van der Waals surface area contributed by atoms with Gasteiger partial charge in [0.05, 0.1) is 5.69 Å². The molecule has 1 aliphatic rings. The molecule has 1 atom stereocenters. The summed E-state index contributed by atoms with van der Waals surface area (Å²) in [6, 6.07) is 3.66. The van der Waals surface area contributed by atoms with E-state index in [0.29, 0.717) is 0 Å². The molecule has 1 fully saturated rings. The zero-order valence-electron chi connectivity index (χ0n) is 9.09. The molecule has 5 heteroatoms. The minimum Gasteiger partial charge on any atom is -0.358 e. The smallest absolute Gasteiger partial charge is 0.242 e. The van der Waals surface area contributed by atoms with Crippen molar-refractivity contribution in [2.45, 2.75) is 25.8 Å². The van der Waals surface area contributed by atoms with Crippen LogP contribution in [0.25, 0.3) is 0 Å². The second-order valence-corrected chi connectivity index (χ2v) is 4.75. The molecule has 86 valence electrons. The van der Waals surface area contributed by atoms with E-state index in [1.165, 1.54) is 0 Å². The van der Waals surface area contributed by atoms with Crippen molar-refractivity contribution in [1.82, 2.24) is 10.3 Å². The number of carbonyl (C=O) groups is 1. The van der Waals surface area contributed by atoms with Gasteiger partial charge in [-0.2, -0.15) is 0 Å². The van der Waals surface area contributed by atoms with Gasteiger partial charge in [-0.3, -0.25) is 4.79 Å². The van der Waals surface area contributed by atoms with Crippen LogP contribution in [0.1, 0.15) is 18.5 Å². The van der Waals surface area contributed by atoms with Crippen LogP contribution < -0.4 is 10.6 Å². The highest BCUT2D eigenvalue weighted by molar-refractivity contribution is 9.10. The Bertz CT molecular complexity index is 408. The van der Waals surface area contributed by atoms with Gasteiger partial charge in [0.15, 0.2) is 0 Å². The quantitative estimate of drug-likeness (QED) is 0.871. The van der Waals surface area contributed by atoms with E-state index in [9.17, 15) is 4.79 Å². The van der Waals surface area contributed by atoms with Crippen LogP contribution in [0.2, 0.25) is 0 Å². The number of pyridine rings is 1. The summed E-state index contributed by atoms with van der Waals surface area (Å²) in [4.78, 5) is 15.9. The minimum atomic E-state index is -0.151. The lowest BCUT2D eigenvalue weighted by atomic mass is 10.1. The van der Waals surface area contributed by atoms with Crippen LogP contribution in [0.3, 0.4) is 0 Å². The SMILES string of the molecule is Cc1nc(NC2CCCNC2=O)ccc1Br. The molecule has 0 saturated carbocycles. The van der Waals surface area contributed by atoms with Gasteiger partial charge in [-0.05, 0) is 47.8 Å². The van der Waals surface area contributed by atoms with Crippen LogP contribution in [0.15, 0.2) is 16.6 Å². The lowest BCUT2D eigenvalue weighted by molar-refractivity contribution is -0.123. The lowest BCUT2D eigenvalue weighted by Gasteiger charge is -2.23. The third-order valence-corrected chi connectivity index (χ3v) is 3.47. The molecule has 1 amide bonds. The Morgan fingerprint density at radius 2 is 2.38 bits per heavy atom. The Morgan fingerprint density at radius 3 is 3.06 bits per heavy atom. The maximum atomic E-state index is 11.5. The van der Waals surface area contributed by atoms with Crippen molar-refractivity contribution >= 4 is 27.7 Å². The van der Waals surface area contributed by atoms with Crippen LogP contribution in [0.4, 0.5) is 5.82 Å². The predicted molar refractivity (Wildman–Crippen MR) is 66.3 cm³/mol. The molecule has 0 aliphatic carbocycles. The van der Waals surface area contributed by atoms with Gasteiger partial charge in [0.1, 0.15) is 11.9 Å². The van der Waals surface area contributed by atoms with Gasteiger partial charge in [0.25, 0.3) is 0 Å². The molecule has 1 aliphatic heterocycles. The number of nitrogens with one attached hydrogen (secondary N) is 2. The molecular formula is C11H14BrN3O. The number of rotatable bonds is 2. The van der Waals surface area contributed by atoms with Gasteiger partial charge in [-0.15, -0.1) is 0 Å². The first-order valence-corrected chi connectivity index (χ1v) is 6.13. The van der Waals surface area contributed by atoms with E-state index in [2.05, 4.69) is 31.5 Å². The Kier molecular flexibility index (Phi) is 3.43. The fourth-order valence-corrected chi connectivity index (χ4v) is 1.93. The summed E-state index contributed by atoms with van der Waals surface area (Å²) < 4.78 is 0.978. The van der Waals surface area contributed by atoms with Crippen molar-refractivity contribution in [3.8, 4) is 0 Å². The van der Waals surface area contributed by atoms with Gasteiger partial charge in [0.2, 0.25) is 5.91 Å². The molecule has 0 aromatic carbocycles. The number of amides is 1. The van der Waals surface area contributed by atoms with Crippen molar-refractivity contribution in [3.05, 3.63) is 22.3 Å². The summed E-state index contributed by atoms with van der Waals surface area (Å²) in [5, 5.41) is 5.99. The molecule has 0 radical (unpaired) electrons. The number of carbonyl (C=O) groups excluding carboxylic acids is 1. The first kappa shape index (κ1) is 11.4. The van der Waals surface area contributed by atoms with E-state index in [4.69, 9.17) is 0 Å². The molecule has 0 bridgehead atoms. The fraction of sp³-hybridized carbons (Fsp3) is 0.455. The summed E-state index contributed by atoms with van der Waals surface area (Å²) >= 11 is 3.40. The zero-order chi connectivity index (χ0) is 11.5. The average Bonchev–Trinajstić information content (AvgIpc) is 2.27. The highest BCUT2D eigenvalue weighted by atomic mass is 79.9. The Balaban J connectivity index is 2.08. The topological polar surface area (TPSA) is 54.0 Å². The third-order valence-electron chi connectivity index (χ3n) is 2.63. The largest absolute Gasteiger partial charge is 0.358 e. The summed E-state index contributed by atoms with van der Waals surface area (Å²) in [7, 11) is 0. The number of halogens is 1. The number of hydrogen-bond donors (Lipinski definition) is 2. The number of hydrogen-bond acceptors (Lipinski definition) is 3. The Hall–Kier alpha value is -1.10. The summed E-state index contributed by atoms with van der Waals surface area (Å²) in [6.45, 7) is 2.71. The van der Waals surface area contributed by atoms with Crippen molar-refractivity contribution in [2.75, 3.05) is 11.9 Å². The molecule has 1 saturated heterocycles. The van der Waals surface area contributed by atoms with E-state index in [1.807, 2.05) is 19.1 Å². The van der Waals surface area contributed by atoms with Crippen LogP contribution >= 0.6 is 15.9 Å². The molecule has 2 rings (SSSR count). The Labute approximate surface area is 103 Å². The van der Waals surface area contributed by atoms with Gasteiger partial charge in [0, 0.05) is 11.0 Å². The van der Waals surface area contributed by atoms with Crippen molar-refractivity contribution in [1.29, 1.82) is 0 Å². The standard InChI is InChI=1S/C11H14BrN3O/c1-7-8(12)4-5-10(14-7)15-9-3-2-6-13-11(9)16/h4-5,9H,2-3,6H2,1H3,(H,13,16)(H,14,15). The molecule has 1 aromatic rings. The van der Waals surface area contributed by atoms with E-state index in [-0.39, 0.29) is 11.9 Å². The summed E-state index contributed by atoms with van der Waals surface area (Å²) in [6.07, 6.45) is 1.88. The predicted octanol–water partition coefficient (Wildman–Crippen LogP) is 1.84. The molecule has 2 heterocycles. The highest BCUT2D eigenvalue weighted by Gasteiger charge is 2.21. The second-order valence-electron chi connectivity index (χ2n) is 3.89. The Morgan fingerprint density at radius 1 is 1.56 bits per heavy atom. The van der Waals surface area contributed by atoms with E-state index in [1.54, 1.807) is 0 Å². The monoisotopic (exact) mass is 283 g/mol. The van der Waals surface area contributed by atoms with Crippen LogP contribution in [0.5, 0.6) is 0 Å². The van der Waals surface area contributed by atoms with Crippen molar-refractivity contribution < 1.29 is 4.79 Å². The highest BCUT2D eigenvalue weighted by Crippen LogP contribution is 2.17. The molecule has 4 nitrogen and oxygen atoms in total. The van der Waals surface area contributed by atoms with Gasteiger partial charge in [-0.1, -0.05) is 0 Å². The minimum absolute atomic E-state index is 0.0635. The molecule has 1 aromatic heterocycles. The number of nitrogens with zero attached hydrogens (tertiary/aromatic N) is 1. The van der Waals surface area contributed by atoms with Crippen LogP contribution in [0, 0.1) is 6.92 Å². The summed E-state index contributed by atoms with van der Waals surface area (Å²) in [5.41, 5.74) is 0.918. The molecule has 16 heavy (non-hydrogen) atoms. The third kappa shape index (κ3) is 2.52. The number of anilines is 1. The van der Waals surface area contributed by atoms with E-state index >= 15 is 0 Å². The normalized spacial score (nSPS) is 20.4. The van der Waals surface area contributed by atoms with Gasteiger partial charge in [-0.25, -0.2) is 4.98 Å². The first-order chi connectivity index (χ1) is 7.66. The van der Waals surface area contributed by atoms with Gasteiger partial charge >= 0.3 is 0 Å². The maximum Gasteiger partial charge on any atom is 0.242 e. The van der Waals surface area contributed by atoms with Crippen LogP contribution in [-0.4, -0.2) is 23.5 Å². The first-order valence-electron chi connectivity index (χ1n) is 5.34. The van der Waals surface area contributed by atoms with Crippen molar-refractivity contribution in [2.24, 2.45) is 0 Å². The molecule has 2 N–H and O–H groups in total. The summed E-state index contributed by atoms with van der Waals surface area (Å²) in [5.74, 6) is 0.816. The average molecular weight is 284 g/mol. The van der Waals surface area contributed by atoms with E-state index < -0.39 is 0 Å². The molecule has 0 spiro atoms. The number of aromatic nitrogens is 1. The molecule has 1 unspecified atom stereocenters.